The number of carboxylic acid groups (broad SMARTS) is 1. The normalized spacial score (nSPS) is 10.7. The molecular weight excluding hydrogens is 194 g/mol. The molecule has 0 radical (unpaired) electrons. The minimum Gasteiger partial charge on any atom is -0.475 e. The Morgan fingerprint density at radius 1 is 1.60 bits per heavy atom. The number of H-pyrrole nitrogens is 1. The van der Waals surface area contributed by atoms with Crippen molar-refractivity contribution >= 4 is 17.0 Å². The number of carbonyl (C=O) groups is 1. The maximum absolute atomic E-state index is 10.7. The van der Waals surface area contributed by atoms with Crippen molar-refractivity contribution < 1.29 is 9.90 Å². The first-order valence-corrected chi connectivity index (χ1v) is 4.57. The van der Waals surface area contributed by atoms with Gasteiger partial charge in [-0.1, -0.05) is 6.07 Å². The molecule has 0 saturated carbocycles. The highest BCUT2D eigenvalue weighted by atomic mass is 16.4. The van der Waals surface area contributed by atoms with Crippen LogP contribution in [0.4, 0.5) is 0 Å². The van der Waals surface area contributed by atoms with E-state index in [1.54, 1.807) is 0 Å². The van der Waals surface area contributed by atoms with Gasteiger partial charge in [-0.2, -0.15) is 0 Å². The van der Waals surface area contributed by atoms with E-state index in [2.05, 4.69) is 15.3 Å². The summed E-state index contributed by atoms with van der Waals surface area (Å²) in [5, 5.41) is 11.8. The van der Waals surface area contributed by atoms with Crippen molar-refractivity contribution in [2.75, 3.05) is 7.05 Å². The molecule has 3 N–H and O–H groups in total. The Bertz CT molecular complexity index is 504. The lowest BCUT2D eigenvalue weighted by molar-refractivity contribution is 0.0685. The van der Waals surface area contributed by atoms with E-state index in [1.807, 2.05) is 25.2 Å². The van der Waals surface area contributed by atoms with E-state index in [4.69, 9.17) is 5.11 Å². The second-order valence-corrected chi connectivity index (χ2v) is 3.27. The Hall–Kier alpha value is -1.88. The number of benzene rings is 1. The molecule has 1 heterocycles. The van der Waals surface area contributed by atoms with Crippen LogP contribution < -0.4 is 5.32 Å². The number of fused-ring (bicyclic) bond motifs is 1. The minimum absolute atomic E-state index is 0.0217. The van der Waals surface area contributed by atoms with Crippen LogP contribution >= 0.6 is 0 Å². The quantitative estimate of drug-likeness (QED) is 0.698. The Morgan fingerprint density at radius 3 is 3.07 bits per heavy atom. The molecule has 2 rings (SSSR count). The minimum atomic E-state index is -1.04. The third kappa shape index (κ3) is 1.82. The second-order valence-electron chi connectivity index (χ2n) is 3.27. The number of hydrogen-bond acceptors (Lipinski definition) is 3. The van der Waals surface area contributed by atoms with Crippen LogP contribution in [0.3, 0.4) is 0 Å². The Morgan fingerprint density at radius 2 is 2.40 bits per heavy atom. The average Bonchev–Trinajstić information content (AvgIpc) is 2.61. The highest BCUT2D eigenvalue weighted by Crippen LogP contribution is 2.13. The van der Waals surface area contributed by atoms with Crippen molar-refractivity contribution in [1.29, 1.82) is 0 Å². The van der Waals surface area contributed by atoms with Gasteiger partial charge in [0.1, 0.15) is 0 Å². The summed E-state index contributed by atoms with van der Waals surface area (Å²) in [6.07, 6.45) is 0. The van der Waals surface area contributed by atoms with Gasteiger partial charge in [0.2, 0.25) is 5.82 Å². The van der Waals surface area contributed by atoms with Crippen LogP contribution in [0.25, 0.3) is 11.0 Å². The van der Waals surface area contributed by atoms with Gasteiger partial charge in [-0.15, -0.1) is 0 Å². The second kappa shape index (κ2) is 3.70. The number of carboxylic acids is 1. The molecule has 2 aromatic rings. The summed E-state index contributed by atoms with van der Waals surface area (Å²) in [7, 11) is 1.86. The molecule has 0 bridgehead atoms. The molecule has 0 aliphatic carbocycles. The van der Waals surface area contributed by atoms with Crippen LogP contribution in [0.5, 0.6) is 0 Å². The molecule has 0 amide bonds. The predicted molar refractivity (Wildman–Crippen MR) is 55.8 cm³/mol. The van der Waals surface area contributed by atoms with E-state index >= 15 is 0 Å². The molecule has 0 fully saturated rings. The first kappa shape index (κ1) is 9.67. The van der Waals surface area contributed by atoms with E-state index < -0.39 is 5.97 Å². The van der Waals surface area contributed by atoms with Crippen molar-refractivity contribution in [1.82, 2.24) is 15.3 Å². The molecule has 78 valence electrons. The van der Waals surface area contributed by atoms with Crippen molar-refractivity contribution in [3.8, 4) is 0 Å². The first-order valence-electron chi connectivity index (χ1n) is 4.57. The molecule has 1 aromatic heterocycles. The van der Waals surface area contributed by atoms with E-state index in [0.717, 1.165) is 17.6 Å². The molecule has 0 aliphatic rings. The highest BCUT2D eigenvalue weighted by molar-refractivity contribution is 5.89. The summed E-state index contributed by atoms with van der Waals surface area (Å²) in [4.78, 5) is 17.4. The number of rotatable bonds is 3. The zero-order chi connectivity index (χ0) is 10.8. The van der Waals surface area contributed by atoms with Gasteiger partial charge in [0.05, 0.1) is 11.0 Å². The zero-order valence-corrected chi connectivity index (χ0v) is 8.24. The van der Waals surface area contributed by atoms with Gasteiger partial charge < -0.3 is 15.4 Å². The van der Waals surface area contributed by atoms with Gasteiger partial charge in [0.15, 0.2) is 0 Å². The van der Waals surface area contributed by atoms with Gasteiger partial charge in [-0.05, 0) is 24.7 Å². The van der Waals surface area contributed by atoms with Crippen LogP contribution in [0.1, 0.15) is 16.2 Å². The van der Waals surface area contributed by atoms with Gasteiger partial charge in [0, 0.05) is 6.54 Å². The summed E-state index contributed by atoms with van der Waals surface area (Å²) < 4.78 is 0. The van der Waals surface area contributed by atoms with E-state index in [1.165, 1.54) is 0 Å². The van der Waals surface area contributed by atoms with Crippen LogP contribution in [-0.2, 0) is 6.54 Å². The molecule has 15 heavy (non-hydrogen) atoms. The van der Waals surface area contributed by atoms with Crippen LogP contribution in [0.15, 0.2) is 18.2 Å². The number of aromatic carboxylic acids is 1. The molecular formula is C10H11N3O2. The predicted octanol–water partition coefficient (Wildman–Crippen LogP) is 0.980. The summed E-state index contributed by atoms with van der Waals surface area (Å²) in [6.45, 7) is 0.741. The summed E-state index contributed by atoms with van der Waals surface area (Å²) in [5.41, 5.74) is 2.50. The average molecular weight is 205 g/mol. The van der Waals surface area contributed by atoms with Crippen molar-refractivity contribution in [2.24, 2.45) is 0 Å². The monoisotopic (exact) mass is 205 g/mol. The lowest BCUT2D eigenvalue weighted by atomic mass is 10.2. The molecule has 1 aromatic carbocycles. The number of aromatic amines is 1. The van der Waals surface area contributed by atoms with Gasteiger partial charge in [0.25, 0.3) is 0 Å². The lowest BCUT2D eigenvalue weighted by Crippen LogP contribution is -2.04. The van der Waals surface area contributed by atoms with Crippen molar-refractivity contribution in [2.45, 2.75) is 6.54 Å². The highest BCUT2D eigenvalue weighted by Gasteiger charge is 2.09. The molecule has 0 aliphatic heterocycles. The summed E-state index contributed by atoms with van der Waals surface area (Å²) in [6, 6.07) is 5.64. The fourth-order valence-corrected chi connectivity index (χ4v) is 1.47. The molecule has 5 heteroatoms. The van der Waals surface area contributed by atoms with E-state index in [9.17, 15) is 4.79 Å². The van der Waals surface area contributed by atoms with E-state index in [0.29, 0.717) is 5.52 Å². The van der Waals surface area contributed by atoms with E-state index in [-0.39, 0.29) is 5.82 Å². The molecule has 0 saturated heterocycles. The topological polar surface area (TPSA) is 78.0 Å². The molecule has 0 spiro atoms. The third-order valence-corrected chi connectivity index (χ3v) is 2.13. The number of nitrogens with one attached hydrogen (secondary N) is 2. The van der Waals surface area contributed by atoms with Crippen molar-refractivity contribution in [3.05, 3.63) is 29.6 Å². The maximum Gasteiger partial charge on any atom is 0.371 e. The summed E-state index contributed by atoms with van der Waals surface area (Å²) in [5.74, 6) is -1.06. The Labute approximate surface area is 86.1 Å². The van der Waals surface area contributed by atoms with Gasteiger partial charge in [-0.3, -0.25) is 0 Å². The van der Waals surface area contributed by atoms with Crippen LogP contribution in [-0.4, -0.2) is 28.1 Å². The fourth-order valence-electron chi connectivity index (χ4n) is 1.47. The van der Waals surface area contributed by atoms with Crippen LogP contribution in [0, 0.1) is 0 Å². The van der Waals surface area contributed by atoms with Gasteiger partial charge in [-0.25, -0.2) is 9.78 Å². The van der Waals surface area contributed by atoms with Gasteiger partial charge >= 0.3 is 5.97 Å². The fraction of sp³-hybridized carbons (Fsp3) is 0.200. The number of nitrogens with zero attached hydrogens (tertiary/aromatic N) is 1. The zero-order valence-electron chi connectivity index (χ0n) is 8.24. The molecule has 5 nitrogen and oxygen atoms in total. The first-order chi connectivity index (χ1) is 7.20. The third-order valence-electron chi connectivity index (χ3n) is 2.13. The smallest absolute Gasteiger partial charge is 0.371 e. The molecule has 0 unspecified atom stereocenters. The molecule has 0 atom stereocenters. The largest absolute Gasteiger partial charge is 0.475 e. The lowest BCUT2D eigenvalue weighted by Gasteiger charge is -1.98. The van der Waals surface area contributed by atoms with Crippen LogP contribution in [0.2, 0.25) is 0 Å². The number of aromatic nitrogens is 2. The Balaban J connectivity index is 2.47. The Kier molecular flexibility index (Phi) is 2.39. The summed E-state index contributed by atoms with van der Waals surface area (Å²) >= 11 is 0. The standard InChI is InChI=1S/C10H11N3O2/c1-11-5-6-2-3-7-8(4-6)13-9(12-7)10(14)15/h2-4,11H,5H2,1H3,(H,12,13)(H,14,15). The number of imidazole rings is 1. The number of hydrogen-bond donors (Lipinski definition) is 3. The SMILES string of the molecule is CNCc1ccc2[nH]c(C(=O)O)nc2c1. The van der Waals surface area contributed by atoms with Crippen molar-refractivity contribution in [3.63, 3.8) is 0 Å². The maximum atomic E-state index is 10.7.